The Balaban J connectivity index is 0.000000257. The molecule has 1 saturated carbocycles. The predicted molar refractivity (Wildman–Crippen MR) is 141 cm³/mol. The molecule has 3 N–H and O–H groups in total. The Morgan fingerprint density at radius 2 is 1.79 bits per heavy atom. The number of hydrogen-bond acceptors (Lipinski definition) is 4. The quantitative estimate of drug-likeness (QED) is 0.425. The number of carbonyl (C=O) groups is 2. The van der Waals surface area contributed by atoms with Gasteiger partial charge in [-0.05, 0) is 80.7 Å². The van der Waals surface area contributed by atoms with Gasteiger partial charge in [-0.25, -0.2) is 0 Å². The van der Waals surface area contributed by atoms with Crippen molar-refractivity contribution in [2.75, 3.05) is 12.4 Å². The molecular weight excluding hydrogens is 448 g/mol. The number of nitrogens with one attached hydrogen (secondary N) is 1. The predicted octanol–water partition coefficient (Wildman–Crippen LogP) is 6.72. The number of Topliss-reactive ketones (excluding diaryl/α,β-unsaturated/α-hetero) is 1. The average Bonchev–Trinajstić information content (AvgIpc) is 2.85. The zero-order valence-electron chi connectivity index (χ0n) is 21.2. The van der Waals surface area contributed by atoms with Crippen molar-refractivity contribution >= 4 is 29.0 Å². The summed E-state index contributed by atoms with van der Waals surface area (Å²) in [5.74, 6) is 1.97. The molecule has 0 heterocycles. The maximum absolute atomic E-state index is 12.3. The number of methoxy groups -OCH3 is 1. The minimum Gasteiger partial charge on any atom is -0.496 e. The van der Waals surface area contributed by atoms with Crippen LogP contribution in [0.25, 0.3) is 0 Å². The van der Waals surface area contributed by atoms with Crippen LogP contribution in [0.15, 0.2) is 30.3 Å². The van der Waals surface area contributed by atoms with Crippen LogP contribution in [0.4, 0.5) is 5.69 Å². The summed E-state index contributed by atoms with van der Waals surface area (Å²) >= 11 is 5.97. The van der Waals surface area contributed by atoms with E-state index in [1.165, 1.54) is 26.2 Å². The van der Waals surface area contributed by atoms with E-state index in [-0.39, 0.29) is 17.6 Å². The Labute approximate surface area is 209 Å². The largest absolute Gasteiger partial charge is 0.496 e. The van der Waals surface area contributed by atoms with Crippen LogP contribution in [-0.4, -0.2) is 18.8 Å². The average molecular weight is 487 g/mol. The Morgan fingerprint density at radius 1 is 1.12 bits per heavy atom. The SMILES string of the molecule is CCC1CCC(C(=O)Nc2ccc(C)c(OC)c2)CC1.CCc1c(CN)ccc(Cl)c1C(C)=O. The summed E-state index contributed by atoms with van der Waals surface area (Å²) in [4.78, 5) is 23.7. The highest BCUT2D eigenvalue weighted by atomic mass is 35.5. The fourth-order valence-electron chi connectivity index (χ4n) is 4.61. The second kappa shape index (κ2) is 13.5. The number of nitrogens with two attached hydrogens (primary N) is 1. The summed E-state index contributed by atoms with van der Waals surface area (Å²) in [6.07, 6.45) is 6.43. The highest BCUT2D eigenvalue weighted by Gasteiger charge is 2.25. The van der Waals surface area contributed by atoms with E-state index < -0.39 is 0 Å². The lowest BCUT2D eigenvalue weighted by Crippen LogP contribution is -2.27. The van der Waals surface area contributed by atoms with Crippen LogP contribution in [0.5, 0.6) is 5.75 Å². The molecule has 3 rings (SSSR count). The summed E-state index contributed by atoms with van der Waals surface area (Å²) < 4.78 is 5.29. The second-order valence-corrected chi connectivity index (χ2v) is 9.38. The first kappa shape index (κ1) is 27.9. The zero-order valence-corrected chi connectivity index (χ0v) is 21.9. The van der Waals surface area contributed by atoms with E-state index >= 15 is 0 Å². The number of halogens is 1. The number of benzene rings is 2. The molecule has 0 atom stereocenters. The number of amides is 1. The molecule has 1 aliphatic rings. The summed E-state index contributed by atoms with van der Waals surface area (Å²) in [6, 6.07) is 9.42. The molecule has 0 radical (unpaired) electrons. The van der Waals surface area contributed by atoms with Gasteiger partial charge in [-0.15, -0.1) is 0 Å². The molecule has 2 aromatic rings. The molecule has 0 spiro atoms. The second-order valence-electron chi connectivity index (χ2n) is 8.97. The normalized spacial score (nSPS) is 17.4. The molecule has 0 aromatic heterocycles. The van der Waals surface area contributed by atoms with Crippen LogP contribution in [0.2, 0.25) is 5.02 Å². The van der Waals surface area contributed by atoms with Crippen molar-refractivity contribution in [1.82, 2.24) is 0 Å². The molecule has 1 fully saturated rings. The molecular formula is C28H39ClN2O3. The van der Waals surface area contributed by atoms with Crippen LogP contribution >= 0.6 is 11.6 Å². The minimum atomic E-state index is 0.00199. The number of anilines is 1. The van der Waals surface area contributed by atoms with E-state index in [2.05, 4.69) is 12.2 Å². The van der Waals surface area contributed by atoms with Crippen LogP contribution in [0.3, 0.4) is 0 Å². The van der Waals surface area contributed by atoms with Gasteiger partial charge in [-0.2, -0.15) is 0 Å². The maximum Gasteiger partial charge on any atom is 0.227 e. The first-order valence-corrected chi connectivity index (χ1v) is 12.6. The van der Waals surface area contributed by atoms with Crippen molar-refractivity contribution in [2.24, 2.45) is 17.6 Å². The summed E-state index contributed by atoms with van der Waals surface area (Å²) in [5.41, 5.74) is 10.1. The van der Waals surface area contributed by atoms with E-state index in [1.54, 1.807) is 13.2 Å². The summed E-state index contributed by atoms with van der Waals surface area (Å²) in [6.45, 7) is 8.21. The van der Waals surface area contributed by atoms with Crippen LogP contribution in [0, 0.1) is 18.8 Å². The molecule has 0 bridgehead atoms. The van der Waals surface area contributed by atoms with Gasteiger partial charge < -0.3 is 15.8 Å². The number of hydrogen-bond donors (Lipinski definition) is 2. The number of carbonyl (C=O) groups excluding carboxylic acids is 2. The molecule has 0 saturated heterocycles. The first-order valence-electron chi connectivity index (χ1n) is 12.2. The van der Waals surface area contributed by atoms with Crippen molar-refractivity contribution in [3.63, 3.8) is 0 Å². The van der Waals surface area contributed by atoms with E-state index in [0.29, 0.717) is 17.1 Å². The van der Waals surface area contributed by atoms with Crippen LogP contribution < -0.4 is 15.8 Å². The molecule has 6 heteroatoms. The summed E-state index contributed by atoms with van der Waals surface area (Å²) in [7, 11) is 1.65. The van der Waals surface area contributed by atoms with Crippen molar-refractivity contribution in [3.05, 3.63) is 57.6 Å². The van der Waals surface area contributed by atoms with Crippen molar-refractivity contribution in [2.45, 2.75) is 72.8 Å². The number of aryl methyl sites for hydroxylation is 1. The van der Waals surface area contributed by atoms with Gasteiger partial charge in [-0.3, -0.25) is 9.59 Å². The molecule has 0 aliphatic heterocycles. The van der Waals surface area contributed by atoms with Gasteiger partial charge in [0.05, 0.1) is 12.1 Å². The van der Waals surface area contributed by atoms with Gasteiger partial charge in [0.2, 0.25) is 5.91 Å². The fourth-order valence-corrected chi connectivity index (χ4v) is 4.92. The van der Waals surface area contributed by atoms with Crippen molar-refractivity contribution in [1.29, 1.82) is 0 Å². The lowest BCUT2D eigenvalue weighted by molar-refractivity contribution is -0.121. The zero-order chi connectivity index (χ0) is 25.3. The van der Waals surface area contributed by atoms with E-state index in [1.807, 2.05) is 38.1 Å². The van der Waals surface area contributed by atoms with Crippen LogP contribution in [-0.2, 0) is 17.8 Å². The fraction of sp³-hybridized carbons (Fsp3) is 0.500. The standard InChI is InChI=1S/C17H25NO2.C11H14ClNO/c1-4-13-6-8-14(9-7-13)17(19)18-15-10-5-12(2)16(11-15)20-3;1-3-9-8(6-13)4-5-10(12)11(9)7(2)14/h5,10-11,13-14H,4,6-9H2,1-3H3,(H,18,19);4-5H,3,6,13H2,1-2H3. The molecule has 0 unspecified atom stereocenters. The third-order valence-corrected chi connectivity index (χ3v) is 7.07. The third-order valence-electron chi connectivity index (χ3n) is 6.76. The van der Waals surface area contributed by atoms with E-state index in [9.17, 15) is 9.59 Å². The maximum atomic E-state index is 12.3. The number of ketones is 1. The van der Waals surface area contributed by atoms with Crippen molar-refractivity contribution < 1.29 is 14.3 Å². The van der Waals surface area contributed by atoms with E-state index in [0.717, 1.165) is 53.3 Å². The molecule has 5 nitrogen and oxygen atoms in total. The van der Waals surface area contributed by atoms with Gasteiger partial charge in [0, 0.05) is 29.8 Å². The lowest BCUT2D eigenvalue weighted by Gasteiger charge is -2.27. The smallest absolute Gasteiger partial charge is 0.227 e. The molecule has 34 heavy (non-hydrogen) atoms. The Kier molecular flexibility index (Phi) is 11.1. The van der Waals surface area contributed by atoms with Gasteiger partial charge in [0.15, 0.2) is 5.78 Å². The van der Waals surface area contributed by atoms with Gasteiger partial charge in [0.1, 0.15) is 5.75 Å². The third kappa shape index (κ3) is 7.31. The monoisotopic (exact) mass is 486 g/mol. The first-order chi connectivity index (χ1) is 16.2. The van der Waals surface area contributed by atoms with Gasteiger partial charge in [0.25, 0.3) is 0 Å². The summed E-state index contributed by atoms with van der Waals surface area (Å²) in [5, 5.41) is 3.55. The Morgan fingerprint density at radius 3 is 2.32 bits per heavy atom. The lowest BCUT2D eigenvalue weighted by atomic mass is 9.80. The highest BCUT2D eigenvalue weighted by Crippen LogP contribution is 2.32. The van der Waals surface area contributed by atoms with Gasteiger partial charge in [-0.1, -0.05) is 44.0 Å². The van der Waals surface area contributed by atoms with Crippen molar-refractivity contribution in [3.8, 4) is 5.75 Å². The van der Waals surface area contributed by atoms with Gasteiger partial charge >= 0.3 is 0 Å². The number of rotatable bonds is 7. The highest BCUT2D eigenvalue weighted by molar-refractivity contribution is 6.34. The molecule has 186 valence electrons. The molecule has 1 amide bonds. The van der Waals surface area contributed by atoms with Crippen LogP contribution in [0.1, 0.15) is 79.9 Å². The Bertz CT molecular complexity index is 982. The molecule has 2 aromatic carbocycles. The number of ether oxygens (including phenoxy) is 1. The molecule has 1 aliphatic carbocycles. The Hall–Kier alpha value is -2.37. The topological polar surface area (TPSA) is 81.4 Å². The minimum absolute atomic E-state index is 0.00199. The van der Waals surface area contributed by atoms with E-state index in [4.69, 9.17) is 22.1 Å².